The van der Waals surface area contributed by atoms with Gasteiger partial charge in [0, 0.05) is 25.2 Å². The van der Waals surface area contributed by atoms with Gasteiger partial charge in [0.2, 0.25) is 0 Å². The molecular weight excluding hydrogens is 360 g/mol. The summed E-state index contributed by atoms with van der Waals surface area (Å²) in [5.41, 5.74) is 1.66. The Morgan fingerprint density at radius 2 is 2.09 bits per heavy atom. The zero-order chi connectivity index (χ0) is 16.8. The number of carbonyl (C=O) groups is 1. The Morgan fingerprint density at radius 1 is 1.39 bits per heavy atom. The molecule has 0 spiro atoms. The van der Waals surface area contributed by atoms with Gasteiger partial charge in [-0.15, -0.1) is 0 Å². The summed E-state index contributed by atoms with van der Waals surface area (Å²) in [4.78, 5) is 26.4. The van der Waals surface area contributed by atoms with Crippen molar-refractivity contribution < 1.29 is 9.53 Å². The molecule has 6 heteroatoms. The molecule has 0 atom stereocenters. The van der Waals surface area contributed by atoms with Crippen LogP contribution in [0.25, 0.3) is 0 Å². The van der Waals surface area contributed by atoms with E-state index in [1.54, 1.807) is 4.90 Å². The van der Waals surface area contributed by atoms with Gasteiger partial charge in [-0.25, -0.2) is 4.79 Å². The van der Waals surface area contributed by atoms with Crippen LogP contribution in [0.3, 0.4) is 0 Å². The number of pyridine rings is 1. The molecule has 0 radical (unpaired) electrons. The number of carbonyl (C=O) groups excluding carboxylic acids is 1. The van der Waals surface area contributed by atoms with Crippen molar-refractivity contribution in [3.63, 3.8) is 0 Å². The largest absolute Gasteiger partial charge is 0.444 e. The predicted molar refractivity (Wildman–Crippen MR) is 91.5 cm³/mol. The summed E-state index contributed by atoms with van der Waals surface area (Å²) in [6, 6.07) is 1.86. The third kappa shape index (κ3) is 3.79. The zero-order valence-corrected chi connectivity index (χ0v) is 15.5. The fraction of sp³-hybridized carbons (Fsp3) is 0.647. The molecule has 0 aromatic carbocycles. The molecule has 0 saturated heterocycles. The smallest absolute Gasteiger partial charge is 0.410 e. The number of amides is 1. The number of aromatic nitrogens is 1. The number of rotatable bonds is 2. The van der Waals surface area contributed by atoms with Crippen LogP contribution in [0.5, 0.6) is 0 Å². The molecule has 5 nitrogen and oxygen atoms in total. The summed E-state index contributed by atoms with van der Waals surface area (Å²) in [7, 11) is 0. The van der Waals surface area contributed by atoms with E-state index in [-0.39, 0.29) is 11.7 Å². The standard InChI is InChI=1S/C17H23BrN2O3/c1-17(2,3)23-16(22)19-7-6-14-12(10-19)8-13(18)15(21)20(14)9-11-4-5-11/h8,11H,4-7,9-10H2,1-3H3. The molecule has 3 rings (SSSR count). The molecular formula is C17H23BrN2O3. The van der Waals surface area contributed by atoms with Gasteiger partial charge in [-0.3, -0.25) is 4.79 Å². The van der Waals surface area contributed by atoms with Gasteiger partial charge in [0.15, 0.2) is 0 Å². The van der Waals surface area contributed by atoms with Crippen molar-refractivity contribution in [3.05, 3.63) is 32.2 Å². The van der Waals surface area contributed by atoms with Crippen molar-refractivity contribution >= 4 is 22.0 Å². The van der Waals surface area contributed by atoms with Gasteiger partial charge in [0.1, 0.15) is 5.60 Å². The summed E-state index contributed by atoms with van der Waals surface area (Å²) in [5.74, 6) is 0.634. The Morgan fingerprint density at radius 3 is 2.70 bits per heavy atom. The minimum absolute atomic E-state index is 0.0429. The minimum Gasteiger partial charge on any atom is -0.444 e. The van der Waals surface area contributed by atoms with Gasteiger partial charge in [-0.1, -0.05) is 0 Å². The maximum atomic E-state index is 12.4. The van der Waals surface area contributed by atoms with Crippen molar-refractivity contribution in [2.75, 3.05) is 6.54 Å². The number of hydrogen-bond donors (Lipinski definition) is 0. The molecule has 1 aliphatic heterocycles. The molecule has 0 bridgehead atoms. The minimum atomic E-state index is -0.497. The van der Waals surface area contributed by atoms with Crippen LogP contribution in [0.15, 0.2) is 15.3 Å². The van der Waals surface area contributed by atoms with E-state index in [0.29, 0.717) is 29.9 Å². The van der Waals surface area contributed by atoms with Crippen molar-refractivity contribution in [1.29, 1.82) is 0 Å². The average molecular weight is 383 g/mol. The fourth-order valence-electron chi connectivity index (χ4n) is 2.91. The second-order valence-electron chi connectivity index (χ2n) is 7.48. The van der Waals surface area contributed by atoms with E-state index >= 15 is 0 Å². The molecule has 126 valence electrons. The normalized spacial score (nSPS) is 17.8. The summed E-state index contributed by atoms with van der Waals surface area (Å²) in [6.07, 6.45) is 2.82. The Hall–Kier alpha value is -1.30. The van der Waals surface area contributed by atoms with E-state index < -0.39 is 5.60 Å². The number of halogens is 1. The van der Waals surface area contributed by atoms with Gasteiger partial charge < -0.3 is 14.2 Å². The Bertz CT molecular complexity index is 686. The van der Waals surface area contributed by atoms with Gasteiger partial charge >= 0.3 is 6.09 Å². The highest BCUT2D eigenvalue weighted by Crippen LogP contribution is 2.32. The highest BCUT2D eigenvalue weighted by Gasteiger charge is 2.30. The summed E-state index contributed by atoms with van der Waals surface area (Å²) >= 11 is 3.37. The van der Waals surface area contributed by atoms with Gasteiger partial charge in [0.25, 0.3) is 5.56 Å². The molecule has 0 unspecified atom stereocenters. The lowest BCUT2D eigenvalue weighted by Crippen LogP contribution is -2.42. The summed E-state index contributed by atoms with van der Waals surface area (Å²) in [6.45, 7) is 7.49. The molecule has 1 aromatic rings. The van der Waals surface area contributed by atoms with E-state index in [1.807, 2.05) is 31.4 Å². The first-order chi connectivity index (χ1) is 10.7. The molecule has 2 aliphatic rings. The second kappa shape index (κ2) is 5.96. The van der Waals surface area contributed by atoms with E-state index in [2.05, 4.69) is 15.9 Å². The van der Waals surface area contributed by atoms with E-state index in [0.717, 1.165) is 17.8 Å². The predicted octanol–water partition coefficient (Wildman–Crippen LogP) is 3.31. The third-order valence-electron chi connectivity index (χ3n) is 4.22. The molecule has 0 N–H and O–H groups in total. The Balaban J connectivity index is 1.85. The van der Waals surface area contributed by atoms with Crippen LogP contribution in [0.2, 0.25) is 0 Å². The summed E-state index contributed by atoms with van der Waals surface area (Å²) in [5, 5.41) is 0. The molecule has 2 heterocycles. The number of nitrogens with zero attached hydrogens (tertiary/aromatic N) is 2. The van der Waals surface area contributed by atoms with Crippen LogP contribution in [0.1, 0.15) is 44.9 Å². The highest BCUT2D eigenvalue weighted by atomic mass is 79.9. The first-order valence-corrected chi connectivity index (χ1v) is 8.93. The van der Waals surface area contributed by atoms with Crippen molar-refractivity contribution in [2.24, 2.45) is 5.92 Å². The van der Waals surface area contributed by atoms with Crippen molar-refractivity contribution in [2.45, 2.75) is 58.7 Å². The Kier molecular flexibility index (Phi) is 4.29. The lowest BCUT2D eigenvalue weighted by molar-refractivity contribution is 0.0221. The average Bonchev–Trinajstić information content (AvgIpc) is 3.25. The van der Waals surface area contributed by atoms with Gasteiger partial charge in [-0.2, -0.15) is 0 Å². The first-order valence-electron chi connectivity index (χ1n) is 8.13. The van der Waals surface area contributed by atoms with Crippen LogP contribution in [-0.2, 0) is 24.2 Å². The molecule has 1 saturated carbocycles. The molecule has 1 aliphatic carbocycles. The van der Waals surface area contributed by atoms with Gasteiger partial charge in [-0.05, 0) is 67.1 Å². The van der Waals surface area contributed by atoms with Gasteiger partial charge in [0.05, 0.1) is 11.0 Å². The van der Waals surface area contributed by atoms with E-state index in [4.69, 9.17) is 4.74 Å². The Labute approximate surface area is 144 Å². The second-order valence-corrected chi connectivity index (χ2v) is 8.33. The number of ether oxygens (including phenoxy) is 1. The maximum Gasteiger partial charge on any atom is 0.410 e. The number of hydrogen-bond acceptors (Lipinski definition) is 3. The fourth-order valence-corrected chi connectivity index (χ4v) is 3.41. The number of fused-ring (bicyclic) bond motifs is 1. The van der Waals surface area contributed by atoms with Crippen molar-refractivity contribution in [1.82, 2.24) is 9.47 Å². The quantitative estimate of drug-likeness (QED) is 0.788. The maximum absolute atomic E-state index is 12.4. The topological polar surface area (TPSA) is 51.5 Å². The van der Waals surface area contributed by atoms with Crippen LogP contribution < -0.4 is 5.56 Å². The monoisotopic (exact) mass is 382 g/mol. The molecule has 1 fully saturated rings. The lowest BCUT2D eigenvalue weighted by Gasteiger charge is -2.32. The zero-order valence-electron chi connectivity index (χ0n) is 13.9. The molecule has 1 amide bonds. The molecule has 23 heavy (non-hydrogen) atoms. The SMILES string of the molecule is CC(C)(C)OC(=O)N1CCc2c(cc(Br)c(=O)n2CC2CC2)C1. The van der Waals surface area contributed by atoms with Crippen LogP contribution >= 0.6 is 15.9 Å². The highest BCUT2D eigenvalue weighted by molar-refractivity contribution is 9.10. The van der Waals surface area contributed by atoms with Crippen LogP contribution in [0.4, 0.5) is 4.79 Å². The van der Waals surface area contributed by atoms with Crippen LogP contribution in [-0.4, -0.2) is 27.7 Å². The van der Waals surface area contributed by atoms with Crippen molar-refractivity contribution in [3.8, 4) is 0 Å². The third-order valence-corrected chi connectivity index (χ3v) is 4.78. The van der Waals surface area contributed by atoms with Crippen LogP contribution in [0, 0.1) is 5.92 Å². The van der Waals surface area contributed by atoms with E-state index in [1.165, 1.54) is 12.8 Å². The van der Waals surface area contributed by atoms with E-state index in [9.17, 15) is 9.59 Å². The first kappa shape index (κ1) is 16.6. The lowest BCUT2D eigenvalue weighted by atomic mass is 10.1. The summed E-state index contributed by atoms with van der Waals surface area (Å²) < 4.78 is 7.94. The molecule has 1 aromatic heterocycles.